The van der Waals surface area contributed by atoms with Crippen molar-refractivity contribution in [1.29, 1.82) is 0 Å². The monoisotopic (exact) mass is 284 g/mol. The van der Waals surface area contributed by atoms with E-state index in [4.69, 9.17) is 23.2 Å². The van der Waals surface area contributed by atoms with Crippen molar-refractivity contribution in [3.63, 3.8) is 0 Å². The zero-order valence-corrected chi connectivity index (χ0v) is 11.1. The van der Waals surface area contributed by atoms with Gasteiger partial charge in [0.2, 0.25) is 0 Å². The second kappa shape index (κ2) is 5.50. The van der Waals surface area contributed by atoms with Crippen LogP contribution in [0.25, 0.3) is 0 Å². The van der Waals surface area contributed by atoms with Crippen LogP contribution in [0.1, 0.15) is 11.4 Å². The molecule has 0 aliphatic heterocycles. The lowest BCUT2D eigenvalue weighted by Gasteiger charge is -2.20. The summed E-state index contributed by atoms with van der Waals surface area (Å²) in [5.41, 5.74) is 0.248. The minimum absolute atomic E-state index is 0.203. The maximum Gasteiger partial charge on any atom is 0.362 e. The van der Waals surface area contributed by atoms with Crippen LogP contribution in [-0.4, -0.2) is 19.3 Å². The molecular formula is C9H11Cl2O4P. The Morgan fingerprint density at radius 2 is 1.88 bits per heavy atom. The Morgan fingerprint density at radius 3 is 2.31 bits per heavy atom. The summed E-state index contributed by atoms with van der Waals surface area (Å²) in [6.07, 6.45) is 0. The number of rotatable bonds is 4. The van der Waals surface area contributed by atoms with E-state index in [1.54, 1.807) is 0 Å². The molecule has 1 aromatic rings. The Morgan fingerprint density at radius 1 is 1.31 bits per heavy atom. The second-order valence-corrected chi connectivity index (χ2v) is 6.09. The Hall–Kier alpha value is -0.0900. The summed E-state index contributed by atoms with van der Waals surface area (Å²) in [5, 5.41) is 10.5. The van der Waals surface area contributed by atoms with E-state index in [1.165, 1.54) is 32.4 Å². The van der Waals surface area contributed by atoms with Crippen molar-refractivity contribution >= 4 is 30.8 Å². The van der Waals surface area contributed by atoms with Gasteiger partial charge >= 0.3 is 7.60 Å². The first kappa shape index (κ1) is 14.0. The molecule has 0 bridgehead atoms. The van der Waals surface area contributed by atoms with Crippen LogP contribution in [0.3, 0.4) is 0 Å². The largest absolute Gasteiger partial charge is 0.376 e. The lowest BCUT2D eigenvalue weighted by atomic mass is 10.2. The summed E-state index contributed by atoms with van der Waals surface area (Å²) >= 11 is 11.6. The standard InChI is InChI=1S/C9H11Cl2O4P/c1-14-16(13,15-2)9(12)7-4-3-6(10)5-8(7)11/h3-5,9,12H,1-2H3/t9-/m1/s1. The minimum Gasteiger partial charge on any atom is -0.376 e. The Kier molecular flexibility index (Phi) is 4.80. The van der Waals surface area contributed by atoms with Crippen LogP contribution < -0.4 is 0 Å². The third-order valence-electron chi connectivity index (χ3n) is 2.05. The van der Waals surface area contributed by atoms with Crippen LogP contribution in [0, 0.1) is 0 Å². The summed E-state index contributed by atoms with van der Waals surface area (Å²) in [7, 11) is -1.22. The molecule has 0 saturated heterocycles. The quantitative estimate of drug-likeness (QED) is 0.860. The van der Waals surface area contributed by atoms with Gasteiger partial charge in [-0.05, 0) is 12.1 Å². The lowest BCUT2D eigenvalue weighted by molar-refractivity contribution is 0.176. The molecular weight excluding hydrogens is 274 g/mol. The van der Waals surface area contributed by atoms with Crippen molar-refractivity contribution in [2.45, 2.75) is 5.85 Å². The van der Waals surface area contributed by atoms with Crippen molar-refractivity contribution in [2.24, 2.45) is 0 Å². The predicted molar refractivity (Wildman–Crippen MR) is 63.0 cm³/mol. The van der Waals surface area contributed by atoms with E-state index in [0.717, 1.165) is 0 Å². The van der Waals surface area contributed by atoms with Gasteiger partial charge in [0.25, 0.3) is 0 Å². The van der Waals surface area contributed by atoms with Gasteiger partial charge in [-0.2, -0.15) is 0 Å². The van der Waals surface area contributed by atoms with Gasteiger partial charge in [-0.15, -0.1) is 0 Å². The third kappa shape index (κ3) is 2.77. The maximum absolute atomic E-state index is 11.9. The predicted octanol–water partition coefficient (Wildman–Crippen LogP) is 3.47. The van der Waals surface area contributed by atoms with E-state index in [0.29, 0.717) is 5.02 Å². The third-order valence-corrected chi connectivity index (χ3v) is 4.51. The molecule has 1 N–H and O–H groups in total. The van der Waals surface area contributed by atoms with Gasteiger partial charge in [0, 0.05) is 29.8 Å². The zero-order valence-electron chi connectivity index (χ0n) is 8.68. The van der Waals surface area contributed by atoms with Crippen molar-refractivity contribution in [3.8, 4) is 0 Å². The van der Waals surface area contributed by atoms with E-state index in [-0.39, 0.29) is 10.6 Å². The molecule has 0 radical (unpaired) electrons. The van der Waals surface area contributed by atoms with Crippen LogP contribution in [0.2, 0.25) is 10.0 Å². The first-order chi connectivity index (χ1) is 7.44. The lowest BCUT2D eigenvalue weighted by Crippen LogP contribution is -2.03. The van der Waals surface area contributed by atoms with E-state index in [1.807, 2.05) is 0 Å². The average molecular weight is 285 g/mol. The number of aliphatic hydroxyl groups is 1. The number of hydrogen-bond acceptors (Lipinski definition) is 4. The van der Waals surface area contributed by atoms with Crippen LogP contribution in [-0.2, 0) is 13.6 Å². The van der Waals surface area contributed by atoms with Crippen molar-refractivity contribution in [1.82, 2.24) is 0 Å². The average Bonchev–Trinajstić information content (AvgIpc) is 2.27. The van der Waals surface area contributed by atoms with Crippen molar-refractivity contribution < 1.29 is 18.7 Å². The molecule has 7 heteroatoms. The highest BCUT2D eigenvalue weighted by atomic mass is 35.5. The molecule has 0 spiro atoms. The normalized spacial score (nSPS) is 13.8. The van der Waals surface area contributed by atoms with Gasteiger partial charge in [-0.1, -0.05) is 29.3 Å². The summed E-state index contributed by atoms with van der Waals surface area (Å²) in [6, 6.07) is 4.44. The molecule has 0 heterocycles. The van der Waals surface area contributed by atoms with Gasteiger partial charge in [0.15, 0.2) is 5.85 Å². The molecule has 90 valence electrons. The van der Waals surface area contributed by atoms with Crippen LogP contribution >= 0.6 is 30.8 Å². The fourth-order valence-electron chi connectivity index (χ4n) is 1.16. The fraction of sp³-hybridized carbons (Fsp3) is 0.333. The molecule has 4 nitrogen and oxygen atoms in total. The molecule has 0 saturated carbocycles. The van der Waals surface area contributed by atoms with Crippen LogP contribution in [0.15, 0.2) is 18.2 Å². The summed E-state index contributed by atoms with van der Waals surface area (Å²) in [5.74, 6) is -1.44. The number of halogens is 2. The van der Waals surface area contributed by atoms with Crippen molar-refractivity contribution in [2.75, 3.05) is 14.2 Å². The first-order valence-electron chi connectivity index (χ1n) is 4.29. The van der Waals surface area contributed by atoms with Crippen LogP contribution in [0.5, 0.6) is 0 Å². The highest BCUT2D eigenvalue weighted by Gasteiger charge is 2.34. The number of hydrogen-bond donors (Lipinski definition) is 1. The molecule has 0 fully saturated rings. The molecule has 0 aliphatic rings. The molecule has 1 aromatic carbocycles. The number of aliphatic hydroxyl groups excluding tert-OH is 1. The van der Waals surface area contributed by atoms with Gasteiger partial charge in [-0.3, -0.25) is 4.57 Å². The van der Waals surface area contributed by atoms with E-state index in [2.05, 4.69) is 9.05 Å². The van der Waals surface area contributed by atoms with E-state index < -0.39 is 13.4 Å². The molecule has 0 aromatic heterocycles. The van der Waals surface area contributed by atoms with Crippen molar-refractivity contribution in [3.05, 3.63) is 33.8 Å². The summed E-state index contributed by atoms with van der Waals surface area (Å²) < 4.78 is 21.3. The van der Waals surface area contributed by atoms with Crippen LogP contribution in [0.4, 0.5) is 0 Å². The highest BCUT2D eigenvalue weighted by molar-refractivity contribution is 7.54. The van der Waals surface area contributed by atoms with Gasteiger partial charge < -0.3 is 14.2 Å². The highest BCUT2D eigenvalue weighted by Crippen LogP contribution is 2.59. The van der Waals surface area contributed by atoms with Gasteiger partial charge in [-0.25, -0.2) is 0 Å². The molecule has 0 aliphatic carbocycles. The Labute approximate surface area is 104 Å². The molecule has 16 heavy (non-hydrogen) atoms. The Bertz CT molecular complexity index is 416. The maximum atomic E-state index is 11.9. The van der Waals surface area contributed by atoms with Gasteiger partial charge in [0.05, 0.1) is 0 Å². The second-order valence-electron chi connectivity index (χ2n) is 2.94. The van der Waals surface area contributed by atoms with Gasteiger partial charge in [0.1, 0.15) is 0 Å². The molecule has 0 unspecified atom stereocenters. The SMILES string of the molecule is COP(=O)(OC)[C@@H](O)c1ccc(Cl)cc1Cl. The zero-order chi connectivity index (χ0) is 12.3. The molecule has 1 rings (SSSR count). The number of benzene rings is 1. The summed E-state index contributed by atoms with van der Waals surface area (Å²) in [6.45, 7) is 0. The van der Waals surface area contributed by atoms with E-state index in [9.17, 15) is 9.67 Å². The molecule has 1 atom stereocenters. The first-order valence-corrected chi connectivity index (χ1v) is 6.65. The molecule has 0 amide bonds. The van der Waals surface area contributed by atoms with E-state index >= 15 is 0 Å². The Balaban J connectivity index is 3.14. The fourth-order valence-corrected chi connectivity index (χ4v) is 2.86. The topological polar surface area (TPSA) is 55.8 Å². The summed E-state index contributed by atoms with van der Waals surface area (Å²) in [4.78, 5) is 0. The smallest absolute Gasteiger partial charge is 0.362 e. The minimum atomic E-state index is -3.61.